The van der Waals surface area contributed by atoms with Crippen LogP contribution in [0.4, 0.5) is 0 Å². The van der Waals surface area contributed by atoms with Crippen LogP contribution in [0.25, 0.3) is 11.0 Å². The smallest absolute Gasteiger partial charge is 0.135 e. The number of fused-ring (bicyclic) bond motifs is 1. The maximum Gasteiger partial charge on any atom is 0.135 e. The summed E-state index contributed by atoms with van der Waals surface area (Å²) in [4.78, 5) is 4.78. The van der Waals surface area contributed by atoms with Crippen LogP contribution in [-0.2, 0) is 6.54 Å². The zero-order valence-corrected chi connectivity index (χ0v) is 11.3. The first-order valence-electron chi connectivity index (χ1n) is 6.30. The number of benzene rings is 1. The van der Waals surface area contributed by atoms with Gasteiger partial charge >= 0.3 is 0 Å². The van der Waals surface area contributed by atoms with Gasteiger partial charge in [-0.05, 0) is 25.2 Å². The molecule has 0 saturated carbocycles. The van der Waals surface area contributed by atoms with Crippen LogP contribution in [0, 0.1) is 0 Å². The highest BCUT2D eigenvalue weighted by Gasteiger charge is 2.16. The maximum atomic E-state index is 6.15. The van der Waals surface area contributed by atoms with E-state index in [4.69, 9.17) is 16.0 Å². The number of piperazine rings is 1. The molecule has 0 spiro atoms. The van der Waals surface area contributed by atoms with Crippen LogP contribution in [0.15, 0.2) is 28.7 Å². The predicted molar refractivity (Wildman–Crippen MR) is 74.0 cm³/mol. The molecule has 0 unspecified atom stereocenters. The summed E-state index contributed by atoms with van der Waals surface area (Å²) in [7, 11) is 2.16. The Bertz CT molecular complexity index is 544. The van der Waals surface area contributed by atoms with Gasteiger partial charge in [0, 0.05) is 31.6 Å². The third-order valence-electron chi connectivity index (χ3n) is 3.53. The molecule has 18 heavy (non-hydrogen) atoms. The lowest BCUT2D eigenvalue weighted by molar-refractivity contribution is 0.141. The molecule has 3 nitrogen and oxygen atoms in total. The largest absolute Gasteiger partial charge is 0.460 e. The van der Waals surface area contributed by atoms with Gasteiger partial charge in [0.2, 0.25) is 0 Å². The minimum Gasteiger partial charge on any atom is -0.460 e. The van der Waals surface area contributed by atoms with Gasteiger partial charge in [0.15, 0.2) is 0 Å². The van der Waals surface area contributed by atoms with Gasteiger partial charge in [-0.15, -0.1) is 0 Å². The van der Waals surface area contributed by atoms with Gasteiger partial charge < -0.3 is 9.32 Å². The van der Waals surface area contributed by atoms with Crippen molar-refractivity contribution < 1.29 is 4.42 Å². The van der Waals surface area contributed by atoms with E-state index in [9.17, 15) is 0 Å². The first kappa shape index (κ1) is 12.0. The van der Waals surface area contributed by atoms with Crippen LogP contribution in [0.5, 0.6) is 0 Å². The lowest BCUT2D eigenvalue weighted by Crippen LogP contribution is -2.43. The van der Waals surface area contributed by atoms with Crippen LogP contribution >= 0.6 is 11.6 Å². The monoisotopic (exact) mass is 264 g/mol. The number of nitrogens with zero attached hydrogens (tertiary/aromatic N) is 2. The molecule has 2 heterocycles. The highest BCUT2D eigenvalue weighted by atomic mass is 35.5. The zero-order valence-electron chi connectivity index (χ0n) is 10.5. The van der Waals surface area contributed by atoms with Crippen molar-refractivity contribution in [1.29, 1.82) is 0 Å². The van der Waals surface area contributed by atoms with Crippen LogP contribution in [0.2, 0.25) is 5.02 Å². The van der Waals surface area contributed by atoms with E-state index < -0.39 is 0 Å². The molecule has 1 aromatic heterocycles. The number of halogens is 1. The molecule has 1 fully saturated rings. The molecule has 1 aliphatic rings. The normalized spacial score (nSPS) is 18.6. The average Bonchev–Trinajstić information content (AvgIpc) is 2.76. The van der Waals surface area contributed by atoms with Crippen molar-refractivity contribution >= 4 is 22.6 Å². The Morgan fingerprint density at radius 1 is 1.22 bits per heavy atom. The molecule has 1 aliphatic heterocycles. The fourth-order valence-electron chi connectivity index (χ4n) is 2.38. The van der Waals surface area contributed by atoms with Crippen molar-refractivity contribution in [2.24, 2.45) is 0 Å². The lowest BCUT2D eigenvalue weighted by Gasteiger charge is -2.31. The second-order valence-electron chi connectivity index (χ2n) is 4.94. The maximum absolute atomic E-state index is 6.15. The van der Waals surface area contributed by atoms with Gasteiger partial charge in [-0.2, -0.15) is 0 Å². The Balaban J connectivity index is 1.77. The summed E-state index contributed by atoms with van der Waals surface area (Å²) in [5.74, 6) is 1.00. The third kappa shape index (κ3) is 2.39. The molecular formula is C14H17ClN2O. The molecule has 2 aromatic rings. The van der Waals surface area contributed by atoms with Crippen LogP contribution in [-0.4, -0.2) is 43.0 Å². The molecule has 3 rings (SSSR count). The minimum absolute atomic E-state index is 0.765. The molecule has 0 aliphatic carbocycles. The molecule has 0 bridgehead atoms. The number of furan rings is 1. The second kappa shape index (κ2) is 4.92. The predicted octanol–water partition coefficient (Wildman–Crippen LogP) is 2.83. The van der Waals surface area contributed by atoms with E-state index in [-0.39, 0.29) is 0 Å². The summed E-state index contributed by atoms with van der Waals surface area (Å²) in [6.07, 6.45) is 0. The van der Waals surface area contributed by atoms with E-state index in [0.717, 1.165) is 54.5 Å². The molecule has 0 N–H and O–H groups in total. The Hall–Kier alpha value is -1.03. The molecule has 0 radical (unpaired) electrons. The first-order chi connectivity index (χ1) is 8.72. The minimum atomic E-state index is 0.765. The highest BCUT2D eigenvalue weighted by molar-refractivity contribution is 6.35. The van der Waals surface area contributed by atoms with Crippen molar-refractivity contribution in [3.8, 4) is 0 Å². The van der Waals surface area contributed by atoms with Crippen molar-refractivity contribution in [1.82, 2.24) is 9.80 Å². The van der Waals surface area contributed by atoms with Crippen molar-refractivity contribution in [2.75, 3.05) is 33.2 Å². The Kier molecular flexibility index (Phi) is 3.29. The Labute approximate surface area is 112 Å². The molecule has 96 valence electrons. The summed E-state index contributed by atoms with van der Waals surface area (Å²) in [6, 6.07) is 7.86. The van der Waals surface area contributed by atoms with Gasteiger partial charge in [0.25, 0.3) is 0 Å². The standard InChI is InChI=1S/C14H17ClN2O/c1-16-5-7-17(8-6-16)10-11-9-12-13(15)3-2-4-14(12)18-11/h2-4,9H,5-8,10H2,1H3. The van der Waals surface area contributed by atoms with E-state index in [1.807, 2.05) is 18.2 Å². The van der Waals surface area contributed by atoms with Crippen molar-refractivity contribution in [2.45, 2.75) is 6.54 Å². The summed E-state index contributed by atoms with van der Waals surface area (Å²) in [6.45, 7) is 5.32. The number of hydrogen-bond acceptors (Lipinski definition) is 3. The molecule has 0 amide bonds. The van der Waals surface area contributed by atoms with E-state index in [0.29, 0.717) is 0 Å². The first-order valence-corrected chi connectivity index (χ1v) is 6.68. The number of hydrogen-bond donors (Lipinski definition) is 0. The van der Waals surface area contributed by atoms with E-state index in [1.165, 1.54) is 0 Å². The SMILES string of the molecule is CN1CCN(Cc2cc3c(Cl)cccc3o2)CC1. The van der Waals surface area contributed by atoms with Gasteiger partial charge in [0.05, 0.1) is 11.6 Å². The Morgan fingerprint density at radius 2 is 2.00 bits per heavy atom. The highest BCUT2D eigenvalue weighted by Crippen LogP contribution is 2.27. The topological polar surface area (TPSA) is 19.6 Å². The van der Waals surface area contributed by atoms with Gasteiger partial charge in [-0.1, -0.05) is 17.7 Å². The molecule has 4 heteroatoms. The molecule has 1 aromatic carbocycles. The fraction of sp³-hybridized carbons (Fsp3) is 0.429. The summed E-state index contributed by atoms with van der Waals surface area (Å²) in [5, 5.41) is 1.78. The molecule has 0 atom stereocenters. The summed E-state index contributed by atoms with van der Waals surface area (Å²) in [5.41, 5.74) is 0.881. The van der Waals surface area contributed by atoms with E-state index >= 15 is 0 Å². The molecule has 1 saturated heterocycles. The van der Waals surface area contributed by atoms with E-state index in [2.05, 4.69) is 22.9 Å². The lowest BCUT2D eigenvalue weighted by atomic mass is 10.2. The zero-order chi connectivity index (χ0) is 12.5. The van der Waals surface area contributed by atoms with Gasteiger partial charge in [-0.25, -0.2) is 0 Å². The van der Waals surface area contributed by atoms with Crippen LogP contribution in [0.1, 0.15) is 5.76 Å². The quantitative estimate of drug-likeness (QED) is 0.832. The summed E-state index contributed by atoms with van der Waals surface area (Å²) >= 11 is 6.15. The average molecular weight is 265 g/mol. The third-order valence-corrected chi connectivity index (χ3v) is 3.86. The fourth-order valence-corrected chi connectivity index (χ4v) is 2.60. The van der Waals surface area contributed by atoms with Crippen molar-refractivity contribution in [3.05, 3.63) is 35.0 Å². The van der Waals surface area contributed by atoms with Gasteiger partial charge in [-0.3, -0.25) is 4.90 Å². The number of rotatable bonds is 2. The molecular weight excluding hydrogens is 248 g/mol. The number of likely N-dealkylation sites (N-methyl/N-ethyl adjacent to an activating group) is 1. The van der Waals surface area contributed by atoms with Crippen molar-refractivity contribution in [3.63, 3.8) is 0 Å². The Morgan fingerprint density at radius 3 is 2.72 bits per heavy atom. The van der Waals surface area contributed by atoms with Crippen LogP contribution < -0.4 is 0 Å². The van der Waals surface area contributed by atoms with Crippen LogP contribution in [0.3, 0.4) is 0 Å². The van der Waals surface area contributed by atoms with Gasteiger partial charge in [0.1, 0.15) is 11.3 Å². The summed E-state index contributed by atoms with van der Waals surface area (Å²) < 4.78 is 5.84. The second-order valence-corrected chi connectivity index (χ2v) is 5.35. The van der Waals surface area contributed by atoms with E-state index in [1.54, 1.807) is 0 Å².